The SMILES string of the molecule is COC(=O)C1=C(C)NC(=S)N(C(C)=O)[C@H]1c1cccc2c1OCO2. The molecule has 24 heavy (non-hydrogen) atoms. The number of fused-ring (bicyclic) bond motifs is 1. The molecular formula is C16H16N2O5S. The molecule has 3 rings (SSSR count). The van der Waals surface area contributed by atoms with Gasteiger partial charge in [-0.15, -0.1) is 0 Å². The fourth-order valence-corrected chi connectivity index (χ4v) is 3.29. The van der Waals surface area contributed by atoms with Gasteiger partial charge in [0.25, 0.3) is 0 Å². The summed E-state index contributed by atoms with van der Waals surface area (Å²) in [5, 5.41) is 3.10. The van der Waals surface area contributed by atoms with Crippen molar-refractivity contribution < 1.29 is 23.8 Å². The highest BCUT2D eigenvalue weighted by Gasteiger charge is 2.41. The van der Waals surface area contributed by atoms with E-state index in [0.717, 1.165) is 0 Å². The highest BCUT2D eigenvalue weighted by atomic mass is 32.1. The highest BCUT2D eigenvalue weighted by Crippen LogP contribution is 2.44. The van der Waals surface area contributed by atoms with Crippen LogP contribution in [0.1, 0.15) is 25.5 Å². The molecule has 0 unspecified atom stereocenters. The number of methoxy groups -OCH3 is 1. The molecule has 1 aromatic rings. The fraction of sp³-hybridized carbons (Fsp3) is 0.312. The van der Waals surface area contributed by atoms with Crippen molar-refractivity contribution in [3.8, 4) is 11.5 Å². The fourth-order valence-electron chi connectivity index (χ4n) is 2.90. The Morgan fingerprint density at radius 2 is 2.12 bits per heavy atom. The van der Waals surface area contributed by atoms with Crippen molar-refractivity contribution in [1.29, 1.82) is 0 Å². The number of ether oxygens (including phenoxy) is 3. The van der Waals surface area contributed by atoms with Crippen molar-refractivity contribution in [1.82, 2.24) is 10.2 Å². The minimum absolute atomic E-state index is 0.0814. The van der Waals surface area contributed by atoms with Crippen molar-refractivity contribution >= 4 is 29.2 Å². The molecule has 2 aliphatic heterocycles. The van der Waals surface area contributed by atoms with Gasteiger partial charge in [-0.25, -0.2) is 4.79 Å². The van der Waals surface area contributed by atoms with E-state index in [1.807, 2.05) is 0 Å². The molecule has 0 fully saturated rings. The number of thiocarbonyl (C=S) groups is 1. The minimum atomic E-state index is -0.750. The van der Waals surface area contributed by atoms with Gasteiger partial charge in [-0.1, -0.05) is 12.1 Å². The number of allylic oxidation sites excluding steroid dienone is 1. The molecule has 0 bridgehead atoms. The topological polar surface area (TPSA) is 77.1 Å². The first-order valence-electron chi connectivity index (χ1n) is 7.24. The van der Waals surface area contributed by atoms with Crippen LogP contribution in [0.4, 0.5) is 0 Å². The number of hydrogen-bond acceptors (Lipinski definition) is 6. The number of benzene rings is 1. The van der Waals surface area contributed by atoms with Crippen LogP contribution < -0.4 is 14.8 Å². The zero-order chi connectivity index (χ0) is 17.4. The first kappa shape index (κ1) is 16.3. The summed E-state index contributed by atoms with van der Waals surface area (Å²) in [4.78, 5) is 25.9. The van der Waals surface area contributed by atoms with Crippen LogP contribution in [0.25, 0.3) is 0 Å². The lowest BCUT2D eigenvalue weighted by atomic mass is 9.93. The number of hydrogen-bond donors (Lipinski definition) is 1. The number of amides is 1. The molecule has 0 aliphatic carbocycles. The largest absolute Gasteiger partial charge is 0.466 e. The van der Waals surface area contributed by atoms with E-state index in [-0.39, 0.29) is 17.8 Å². The second kappa shape index (κ2) is 6.12. The van der Waals surface area contributed by atoms with Crippen LogP contribution in [0.15, 0.2) is 29.5 Å². The maximum Gasteiger partial charge on any atom is 0.337 e. The molecule has 8 heteroatoms. The van der Waals surface area contributed by atoms with Crippen molar-refractivity contribution in [3.05, 3.63) is 35.0 Å². The minimum Gasteiger partial charge on any atom is -0.466 e. The Morgan fingerprint density at radius 1 is 1.38 bits per heavy atom. The number of nitrogens with one attached hydrogen (secondary N) is 1. The molecule has 1 atom stereocenters. The lowest BCUT2D eigenvalue weighted by Crippen LogP contribution is -2.50. The van der Waals surface area contributed by atoms with Gasteiger partial charge < -0.3 is 19.5 Å². The number of esters is 1. The average Bonchev–Trinajstić information content (AvgIpc) is 3.01. The third-order valence-electron chi connectivity index (χ3n) is 3.92. The van der Waals surface area contributed by atoms with Gasteiger partial charge in [0.1, 0.15) is 6.04 Å². The Bertz CT molecular complexity index is 774. The van der Waals surface area contributed by atoms with Gasteiger partial charge in [-0.05, 0) is 25.2 Å². The summed E-state index contributed by atoms with van der Waals surface area (Å²) in [6.45, 7) is 3.18. The monoisotopic (exact) mass is 348 g/mol. The maximum atomic E-state index is 12.4. The maximum absolute atomic E-state index is 12.4. The van der Waals surface area contributed by atoms with Gasteiger partial charge in [0.05, 0.1) is 12.7 Å². The van der Waals surface area contributed by atoms with E-state index in [1.54, 1.807) is 25.1 Å². The van der Waals surface area contributed by atoms with E-state index in [0.29, 0.717) is 28.3 Å². The first-order valence-corrected chi connectivity index (χ1v) is 7.65. The van der Waals surface area contributed by atoms with Crippen LogP contribution in [-0.4, -0.2) is 35.8 Å². The molecule has 0 saturated heterocycles. The second-order valence-electron chi connectivity index (χ2n) is 5.33. The zero-order valence-corrected chi connectivity index (χ0v) is 14.2. The van der Waals surface area contributed by atoms with Gasteiger partial charge in [0, 0.05) is 18.2 Å². The van der Waals surface area contributed by atoms with Gasteiger partial charge >= 0.3 is 5.97 Å². The Labute approximate surface area is 144 Å². The molecule has 126 valence electrons. The number of carbonyl (C=O) groups excluding carboxylic acids is 2. The molecule has 1 aromatic carbocycles. The molecular weight excluding hydrogens is 332 g/mol. The lowest BCUT2D eigenvalue weighted by Gasteiger charge is -2.37. The number of nitrogens with zero attached hydrogens (tertiary/aromatic N) is 1. The lowest BCUT2D eigenvalue weighted by molar-refractivity contribution is -0.137. The third-order valence-corrected chi connectivity index (χ3v) is 4.21. The highest BCUT2D eigenvalue weighted by molar-refractivity contribution is 7.80. The molecule has 1 amide bonds. The number of carbonyl (C=O) groups is 2. The summed E-state index contributed by atoms with van der Waals surface area (Å²) in [5.74, 6) is 0.202. The van der Waals surface area contributed by atoms with E-state index < -0.39 is 12.0 Å². The summed E-state index contributed by atoms with van der Waals surface area (Å²) in [5.41, 5.74) is 1.44. The van der Waals surface area contributed by atoms with E-state index in [4.69, 9.17) is 26.4 Å². The van der Waals surface area contributed by atoms with E-state index >= 15 is 0 Å². The van der Waals surface area contributed by atoms with Gasteiger partial charge in [0.15, 0.2) is 16.6 Å². The summed E-state index contributed by atoms with van der Waals surface area (Å²) >= 11 is 5.30. The van der Waals surface area contributed by atoms with E-state index in [2.05, 4.69) is 5.32 Å². The molecule has 0 saturated carbocycles. The van der Waals surface area contributed by atoms with Crippen molar-refractivity contribution in [3.63, 3.8) is 0 Å². The summed E-state index contributed by atoms with van der Waals surface area (Å²) in [7, 11) is 1.29. The smallest absolute Gasteiger partial charge is 0.337 e. The van der Waals surface area contributed by atoms with Crippen molar-refractivity contribution in [2.75, 3.05) is 13.9 Å². The first-order chi connectivity index (χ1) is 11.5. The molecule has 0 radical (unpaired) electrons. The van der Waals surface area contributed by atoms with Crippen LogP contribution in [0.2, 0.25) is 0 Å². The van der Waals surface area contributed by atoms with Gasteiger partial charge in [0.2, 0.25) is 12.7 Å². The Morgan fingerprint density at radius 3 is 2.79 bits per heavy atom. The van der Waals surface area contributed by atoms with Crippen LogP contribution in [0, 0.1) is 0 Å². The third kappa shape index (κ3) is 2.48. The summed E-state index contributed by atoms with van der Waals surface area (Å²) in [6.07, 6.45) is 0. The number of para-hydroxylation sites is 1. The summed E-state index contributed by atoms with van der Waals surface area (Å²) in [6, 6.07) is 4.56. The Hall–Kier alpha value is -2.61. The number of rotatable bonds is 2. The second-order valence-corrected chi connectivity index (χ2v) is 5.72. The van der Waals surface area contributed by atoms with E-state index in [9.17, 15) is 9.59 Å². The predicted molar refractivity (Wildman–Crippen MR) is 88.3 cm³/mol. The Kier molecular flexibility index (Phi) is 4.15. The van der Waals surface area contributed by atoms with Crippen LogP contribution in [0.3, 0.4) is 0 Å². The normalized spacial score (nSPS) is 19.2. The van der Waals surface area contributed by atoms with Crippen molar-refractivity contribution in [2.45, 2.75) is 19.9 Å². The average molecular weight is 348 g/mol. The van der Waals surface area contributed by atoms with Gasteiger partial charge in [-0.2, -0.15) is 0 Å². The van der Waals surface area contributed by atoms with E-state index in [1.165, 1.54) is 18.9 Å². The summed E-state index contributed by atoms with van der Waals surface area (Å²) < 4.78 is 15.8. The zero-order valence-electron chi connectivity index (χ0n) is 13.4. The molecule has 1 N–H and O–H groups in total. The molecule has 0 aromatic heterocycles. The Balaban J connectivity index is 2.24. The molecule has 2 heterocycles. The standard InChI is InChI=1S/C16H16N2O5S/c1-8-12(15(20)21-3)13(18(9(2)19)16(24)17-8)10-5-4-6-11-14(10)23-7-22-11/h4-6,13H,7H2,1-3H3,(H,17,24)/t13-/m0/s1. The van der Waals surface area contributed by atoms with Crippen LogP contribution >= 0.6 is 12.2 Å². The molecule has 2 aliphatic rings. The quantitative estimate of drug-likeness (QED) is 0.643. The van der Waals surface area contributed by atoms with Crippen LogP contribution in [-0.2, 0) is 14.3 Å². The van der Waals surface area contributed by atoms with Crippen molar-refractivity contribution in [2.24, 2.45) is 0 Å². The van der Waals surface area contributed by atoms with Gasteiger partial charge in [-0.3, -0.25) is 9.69 Å². The predicted octanol–water partition coefficient (Wildman–Crippen LogP) is 1.64. The van der Waals surface area contributed by atoms with Crippen LogP contribution in [0.5, 0.6) is 11.5 Å². The molecule has 0 spiro atoms. The molecule has 7 nitrogen and oxygen atoms in total.